The summed E-state index contributed by atoms with van der Waals surface area (Å²) < 4.78 is 0. The largest absolute Gasteiger partial charge is 0.393 e. The molecule has 0 aromatic heterocycles. The summed E-state index contributed by atoms with van der Waals surface area (Å²) in [6.45, 7) is 2.35. The molecule has 3 aliphatic rings. The fourth-order valence-electron chi connectivity index (χ4n) is 5.49. The van der Waals surface area contributed by atoms with E-state index >= 15 is 0 Å². The third-order valence-corrected chi connectivity index (χ3v) is 6.59. The molecule has 102 valence electrons. The Morgan fingerprint density at radius 1 is 1.11 bits per heavy atom. The first-order valence-electron chi connectivity index (χ1n) is 7.96. The van der Waals surface area contributed by atoms with Gasteiger partial charge in [0.1, 0.15) is 0 Å². The van der Waals surface area contributed by atoms with Crippen molar-refractivity contribution in [3.63, 3.8) is 0 Å². The molecule has 0 radical (unpaired) electrons. The fraction of sp³-hybridized carbons (Fsp3) is 0.667. The molecule has 2 fully saturated rings. The van der Waals surface area contributed by atoms with Crippen LogP contribution in [0.4, 0.5) is 0 Å². The maximum absolute atomic E-state index is 10.4. The van der Waals surface area contributed by atoms with Crippen LogP contribution in [0.15, 0.2) is 24.3 Å². The second kappa shape index (κ2) is 4.09. The monoisotopic (exact) mass is 256 g/mol. The standard InChI is InChI=1S/C18H24O/c1-18-11-10-14-13-5-3-2-4-12(13)6-7-15(14)16(18)8-9-17(18)19/h2-5,14-17,19H,6-11H2,1H3/t14-,15-,16-,17-,18-/m0/s1. The zero-order valence-corrected chi connectivity index (χ0v) is 11.8. The van der Waals surface area contributed by atoms with E-state index in [-0.39, 0.29) is 11.5 Å². The van der Waals surface area contributed by atoms with Crippen LogP contribution in [0, 0.1) is 17.3 Å². The smallest absolute Gasteiger partial charge is 0.0596 e. The van der Waals surface area contributed by atoms with Gasteiger partial charge in [-0.2, -0.15) is 0 Å². The average molecular weight is 256 g/mol. The predicted octanol–water partition coefficient (Wildman–Crippen LogP) is 3.90. The van der Waals surface area contributed by atoms with Crippen LogP contribution in [-0.4, -0.2) is 11.2 Å². The van der Waals surface area contributed by atoms with E-state index < -0.39 is 0 Å². The molecule has 0 spiro atoms. The second-order valence-electron chi connectivity index (χ2n) is 7.25. The molecule has 5 atom stereocenters. The van der Waals surface area contributed by atoms with Gasteiger partial charge < -0.3 is 5.11 Å². The Morgan fingerprint density at radius 2 is 1.95 bits per heavy atom. The van der Waals surface area contributed by atoms with Crippen molar-refractivity contribution in [1.82, 2.24) is 0 Å². The van der Waals surface area contributed by atoms with Crippen LogP contribution in [0.25, 0.3) is 0 Å². The lowest BCUT2D eigenvalue weighted by atomic mass is 9.55. The van der Waals surface area contributed by atoms with Gasteiger partial charge in [0.15, 0.2) is 0 Å². The quantitative estimate of drug-likeness (QED) is 0.746. The summed E-state index contributed by atoms with van der Waals surface area (Å²) in [5.74, 6) is 2.36. The first-order chi connectivity index (χ1) is 9.20. The molecular weight excluding hydrogens is 232 g/mol. The van der Waals surface area contributed by atoms with Gasteiger partial charge in [0.05, 0.1) is 6.10 Å². The van der Waals surface area contributed by atoms with Crippen LogP contribution in [-0.2, 0) is 6.42 Å². The third kappa shape index (κ3) is 1.57. The number of aryl methyl sites for hydroxylation is 1. The van der Waals surface area contributed by atoms with Gasteiger partial charge in [0.2, 0.25) is 0 Å². The summed E-state index contributed by atoms with van der Waals surface area (Å²) in [5.41, 5.74) is 3.43. The van der Waals surface area contributed by atoms with Gasteiger partial charge in [0.25, 0.3) is 0 Å². The van der Waals surface area contributed by atoms with Crippen LogP contribution in [0.1, 0.15) is 56.1 Å². The molecule has 0 saturated heterocycles. The number of benzene rings is 1. The Balaban J connectivity index is 1.72. The Bertz CT molecular complexity index is 494. The van der Waals surface area contributed by atoms with E-state index in [0.717, 1.165) is 24.2 Å². The van der Waals surface area contributed by atoms with Crippen LogP contribution in [0.3, 0.4) is 0 Å². The molecule has 0 bridgehead atoms. The normalized spacial score (nSPS) is 44.3. The lowest BCUT2D eigenvalue weighted by molar-refractivity contribution is -0.0226. The first-order valence-corrected chi connectivity index (χ1v) is 7.96. The number of fused-ring (bicyclic) bond motifs is 5. The summed E-state index contributed by atoms with van der Waals surface area (Å²) in [6.07, 6.45) is 7.33. The highest BCUT2D eigenvalue weighted by atomic mass is 16.3. The SMILES string of the molecule is C[C@]12CC[C@H]3c4ccccc4CC[C@@H]3[C@@H]1CC[C@@H]2O. The molecule has 1 aromatic carbocycles. The molecule has 0 unspecified atom stereocenters. The van der Waals surface area contributed by atoms with Crippen molar-refractivity contribution < 1.29 is 5.11 Å². The molecule has 0 aliphatic heterocycles. The molecule has 1 nitrogen and oxygen atoms in total. The van der Waals surface area contributed by atoms with E-state index in [1.54, 1.807) is 11.1 Å². The summed E-state index contributed by atoms with van der Waals surface area (Å²) in [7, 11) is 0. The van der Waals surface area contributed by atoms with Gasteiger partial charge in [-0.1, -0.05) is 31.2 Å². The zero-order chi connectivity index (χ0) is 13.0. The summed E-state index contributed by atoms with van der Waals surface area (Å²) in [4.78, 5) is 0. The van der Waals surface area contributed by atoms with Gasteiger partial charge in [-0.25, -0.2) is 0 Å². The molecule has 2 saturated carbocycles. The minimum Gasteiger partial charge on any atom is -0.393 e. The molecule has 0 amide bonds. The number of rotatable bonds is 0. The summed E-state index contributed by atoms with van der Waals surface area (Å²) in [5, 5.41) is 10.4. The maximum atomic E-state index is 10.4. The maximum Gasteiger partial charge on any atom is 0.0596 e. The molecule has 4 rings (SSSR count). The Kier molecular flexibility index (Phi) is 2.57. The van der Waals surface area contributed by atoms with Crippen molar-refractivity contribution in [1.29, 1.82) is 0 Å². The highest BCUT2D eigenvalue weighted by molar-refractivity contribution is 5.34. The van der Waals surface area contributed by atoms with Crippen molar-refractivity contribution in [3.05, 3.63) is 35.4 Å². The number of aliphatic hydroxyl groups is 1. The second-order valence-corrected chi connectivity index (χ2v) is 7.25. The van der Waals surface area contributed by atoms with Gasteiger partial charge in [-0.15, -0.1) is 0 Å². The van der Waals surface area contributed by atoms with Gasteiger partial charge >= 0.3 is 0 Å². The molecule has 0 heterocycles. The Labute approximate surface area is 116 Å². The number of aliphatic hydroxyl groups excluding tert-OH is 1. The van der Waals surface area contributed by atoms with E-state index in [4.69, 9.17) is 0 Å². The lowest BCUT2D eigenvalue weighted by Crippen LogP contribution is -2.43. The molecule has 1 N–H and O–H groups in total. The van der Waals surface area contributed by atoms with Crippen molar-refractivity contribution >= 4 is 0 Å². The minimum absolute atomic E-state index is 0.0457. The van der Waals surface area contributed by atoms with Crippen molar-refractivity contribution in [2.45, 2.75) is 57.5 Å². The van der Waals surface area contributed by atoms with E-state index in [9.17, 15) is 5.11 Å². The van der Waals surface area contributed by atoms with E-state index in [1.165, 1.54) is 32.1 Å². The average Bonchev–Trinajstić information content (AvgIpc) is 2.75. The first kappa shape index (κ1) is 12.0. The topological polar surface area (TPSA) is 20.2 Å². The summed E-state index contributed by atoms with van der Waals surface area (Å²) in [6, 6.07) is 9.08. The molecule has 19 heavy (non-hydrogen) atoms. The molecule has 1 heteroatoms. The van der Waals surface area contributed by atoms with Crippen molar-refractivity contribution in [2.75, 3.05) is 0 Å². The molecular formula is C18H24O. The molecule has 1 aromatic rings. The van der Waals surface area contributed by atoms with E-state index in [2.05, 4.69) is 31.2 Å². The molecule has 3 aliphatic carbocycles. The van der Waals surface area contributed by atoms with Gasteiger partial charge in [-0.3, -0.25) is 0 Å². The van der Waals surface area contributed by atoms with Crippen LogP contribution < -0.4 is 0 Å². The third-order valence-electron chi connectivity index (χ3n) is 6.59. The van der Waals surface area contributed by atoms with Crippen LogP contribution in [0.5, 0.6) is 0 Å². The predicted molar refractivity (Wildman–Crippen MR) is 77.1 cm³/mol. The van der Waals surface area contributed by atoms with Gasteiger partial charge in [0, 0.05) is 0 Å². The lowest BCUT2D eigenvalue weighted by Gasteiger charge is -2.50. The van der Waals surface area contributed by atoms with Crippen LogP contribution in [0.2, 0.25) is 0 Å². The van der Waals surface area contributed by atoms with Crippen LogP contribution >= 0.6 is 0 Å². The van der Waals surface area contributed by atoms with E-state index in [0.29, 0.717) is 0 Å². The number of hydrogen-bond acceptors (Lipinski definition) is 1. The zero-order valence-electron chi connectivity index (χ0n) is 11.8. The van der Waals surface area contributed by atoms with E-state index in [1.807, 2.05) is 0 Å². The Hall–Kier alpha value is -0.820. The highest BCUT2D eigenvalue weighted by Crippen LogP contribution is 2.60. The Morgan fingerprint density at radius 3 is 2.84 bits per heavy atom. The highest BCUT2D eigenvalue weighted by Gasteiger charge is 2.54. The fourth-order valence-corrected chi connectivity index (χ4v) is 5.49. The van der Waals surface area contributed by atoms with Crippen molar-refractivity contribution in [3.8, 4) is 0 Å². The van der Waals surface area contributed by atoms with Gasteiger partial charge in [-0.05, 0) is 72.8 Å². The minimum atomic E-state index is -0.0457. The van der Waals surface area contributed by atoms with Crippen molar-refractivity contribution in [2.24, 2.45) is 17.3 Å². The number of hydrogen-bond donors (Lipinski definition) is 1. The summed E-state index contributed by atoms with van der Waals surface area (Å²) >= 11 is 0.